The number of Topliss-reactive ketones (excluding diaryl/α,β-unsaturated/α-hetero) is 1. The summed E-state index contributed by atoms with van der Waals surface area (Å²) in [5.74, 6) is 0.702. The van der Waals surface area contributed by atoms with Crippen molar-refractivity contribution in [3.05, 3.63) is 0 Å². The molecule has 0 aromatic carbocycles. The molecule has 0 bridgehead atoms. The molecule has 5 nitrogen and oxygen atoms in total. The van der Waals surface area contributed by atoms with E-state index < -0.39 is 17.4 Å². The van der Waals surface area contributed by atoms with Gasteiger partial charge in [0.1, 0.15) is 11.9 Å². The summed E-state index contributed by atoms with van der Waals surface area (Å²) in [6, 6.07) is 0. The number of nitrogens with one attached hydrogen (secondary N) is 1. The molecule has 0 spiro atoms. The lowest BCUT2D eigenvalue weighted by atomic mass is 9.87. The molecule has 0 unspecified atom stereocenters. The van der Waals surface area contributed by atoms with Crippen LogP contribution >= 0.6 is 11.8 Å². The third-order valence-electron chi connectivity index (χ3n) is 3.13. The summed E-state index contributed by atoms with van der Waals surface area (Å²) in [5, 5.41) is 21.4. The summed E-state index contributed by atoms with van der Waals surface area (Å²) in [5.41, 5.74) is -0.863. The maximum absolute atomic E-state index is 11.6. The van der Waals surface area contributed by atoms with Gasteiger partial charge in [-0.3, -0.25) is 9.59 Å². The zero-order chi connectivity index (χ0) is 15.6. The van der Waals surface area contributed by atoms with Crippen molar-refractivity contribution >= 4 is 23.5 Å². The molecular formula is C14H27NO4S. The van der Waals surface area contributed by atoms with Gasteiger partial charge in [0.05, 0.1) is 6.61 Å². The Bertz CT molecular complexity index is 308. The van der Waals surface area contributed by atoms with Crippen LogP contribution in [0, 0.1) is 5.41 Å². The van der Waals surface area contributed by atoms with Crippen molar-refractivity contribution in [2.45, 2.75) is 45.6 Å². The molecular weight excluding hydrogens is 278 g/mol. The largest absolute Gasteiger partial charge is 0.396 e. The Morgan fingerprint density at radius 2 is 1.85 bits per heavy atom. The number of hydrogen-bond donors (Lipinski definition) is 3. The number of aliphatic hydroxyl groups excluding tert-OH is 2. The van der Waals surface area contributed by atoms with Crippen LogP contribution in [0.3, 0.4) is 0 Å². The molecule has 0 saturated heterocycles. The summed E-state index contributed by atoms with van der Waals surface area (Å²) in [6.07, 6.45) is 3.29. The Morgan fingerprint density at radius 3 is 2.40 bits per heavy atom. The fourth-order valence-corrected chi connectivity index (χ4v) is 2.01. The van der Waals surface area contributed by atoms with Crippen LogP contribution in [0.4, 0.5) is 0 Å². The number of carbonyl (C=O) groups excluding carboxylic acids is 2. The molecule has 0 saturated carbocycles. The van der Waals surface area contributed by atoms with Gasteiger partial charge in [0.15, 0.2) is 0 Å². The standard InChI is InChI=1S/C14H27NO4S/c1-14(2,10-16)12(18)13(19)15-8-4-6-11(17)7-5-9-20-3/h12,16,18H,4-10H2,1-3H3,(H,15,19)/t12-/m0/s1. The van der Waals surface area contributed by atoms with Crippen LogP contribution in [0.15, 0.2) is 0 Å². The monoisotopic (exact) mass is 305 g/mol. The van der Waals surface area contributed by atoms with E-state index in [0.29, 0.717) is 25.8 Å². The normalized spacial score (nSPS) is 13.1. The molecule has 0 heterocycles. The SMILES string of the molecule is CSCCCC(=O)CCCNC(=O)[C@H](O)C(C)(C)CO. The molecule has 3 N–H and O–H groups in total. The lowest BCUT2D eigenvalue weighted by molar-refractivity contribution is -0.137. The molecule has 0 rings (SSSR count). The second-order valence-electron chi connectivity index (χ2n) is 5.58. The Balaban J connectivity index is 3.79. The smallest absolute Gasteiger partial charge is 0.249 e. The van der Waals surface area contributed by atoms with Crippen molar-refractivity contribution in [3.8, 4) is 0 Å². The second-order valence-corrected chi connectivity index (χ2v) is 6.56. The molecule has 0 aliphatic carbocycles. The van der Waals surface area contributed by atoms with Crippen molar-refractivity contribution in [1.29, 1.82) is 0 Å². The van der Waals surface area contributed by atoms with Gasteiger partial charge in [0.2, 0.25) is 5.91 Å². The minimum Gasteiger partial charge on any atom is -0.396 e. The molecule has 0 aliphatic heterocycles. The first-order chi connectivity index (χ1) is 9.35. The van der Waals surface area contributed by atoms with E-state index in [1.807, 2.05) is 6.26 Å². The van der Waals surface area contributed by atoms with Gasteiger partial charge >= 0.3 is 0 Å². The molecule has 0 aliphatic rings. The molecule has 0 fully saturated rings. The Labute approximate surface area is 125 Å². The topological polar surface area (TPSA) is 86.6 Å². The second kappa shape index (κ2) is 10.2. The molecule has 1 amide bonds. The predicted molar refractivity (Wildman–Crippen MR) is 81.7 cm³/mol. The highest BCUT2D eigenvalue weighted by Crippen LogP contribution is 2.19. The minimum absolute atomic E-state index is 0.213. The summed E-state index contributed by atoms with van der Waals surface area (Å²) >= 11 is 1.73. The lowest BCUT2D eigenvalue weighted by Crippen LogP contribution is -2.45. The third-order valence-corrected chi connectivity index (χ3v) is 3.83. The van der Waals surface area contributed by atoms with E-state index in [1.54, 1.807) is 25.6 Å². The first-order valence-electron chi connectivity index (χ1n) is 6.92. The van der Waals surface area contributed by atoms with Crippen LogP contribution in [0.2, 0.25) is 0 Å². The first kappa shape index (κ1) is 19.4. The molecule has 118 valence electrons. The Hall–Kier alpha value is -0.590. The van der Waals surface area contributed by atoms with E-state index in [2.05, 4.69) is 5.32 Å². The summed E-state index contributed by atoms with van der Waals surface area (Å²) < 4.78 is 0. The summed E-state index contributed by atoms with van der Waals surface area (Å²) in [7, 11) is 0. The maximum Gasteiger partial charge on any atom is 0.249 e. The molecule has 0 radical (unpaired) electrons. The van der Waals surface area contributed by atoms with Crippen molar-refractivity contribution in [1.82, 2.24) is 5.32 Å². The molecule has 0 aromatic rings. The highest BCUT2D eigenvalue weighted by molar-refractivity contribution is 7.98. The van der Waals surface area contributed by atoms with Gasteiger partial charge in [0.25, 0.3) is 0 Å². The number of carbonyl (C=O) groups is 2. The number of thioether (sulfide) groups is 1. The van der Waals surface area contributed by atoms with Crippen LogP contribution in [0.5, 0.6) is 0 Å². The molecule has 6 heteroatoms. The minimum atomic E-state index is -1.25. The van der Waals surface area contributed by atoms with Crippen LogP contribution < -0.4 is 5.32 Å². The van der Waals surface area contributed by atoms with Crippen molar-refractivity contribution in [3.63, 3.8) is 0 Å². The molecule has 0 aromatic heterocycles. The average molecular weight is 305 g/mol. The van der Waals surface area contributed by atoms with E-state index in [1.165, 1.54) is 0 Å². The van der Waals surface area contributed by atoms with Crippen LogP contribution in [-0.4, -0.2) is 53.2 Å². The lowest BCUT2D eigenvalue weighted by Gasteiger charge is -2.27. The molecule has 1 atom stereocenters. The van der Waals surface area contributed by atoms with Gasteiger partial charge in [0, 0.05) is 24.8 Å². The van der Waals surface area contributed by atoms with E-state index in [0.717, 1.165) is 12.2 Å². The Kier molecular flexibility index (Phi) is 9.88. The first-order valence-corrected chi connectivity index (χ1v) is 8.32. The third kappa shape index (κ3) is 7.87. The van der Waals surface area contributed by atoms with Crippen LogP contribution in [0.1, 0.15) is 39.5 Å². The van der Waals surface area contributed by atoms with Crippen molar-refractivity contribution < 1.29 is 19.8 Å². The van der Waals surface area contributed by atoms with E-state index in [9.17, 15) is 14.7 Å². The fraction of sp³-hybridized carbons (Fsp3) is 0.857. The van der Waals surface area contributed by atoms with Gasteiger partial charge in [-0.1, -0.05) is 13.8 Å². The van der Waals surface area contributed by atoms with Crippen LogP contribution in [-0.2, 0) is 9.59 Å². The van der Waals surface area contributed by atoms with Crippen molar-refractivity contribution in [2.24, 2.45) is 5.41 Å². The average Bonchev–Trinajstić information content (AvgIpc) is 2.42. The number of amides is 1. The Morgan fingerprint density at radius 1 is 1.25 bits per heavy atom. The van der Waals surface area contributed by atoms with E-state index in [4.69, 9.17) is 5.11 Å². The highest BCUT2D eigenvalue weighted by atomic mass is 32.2. The number of ketones is 1. The highest BCUT2D eigenvalue weighted by Gasteiger charge is 2.32. The maximum atomic E-state index is 11.6. The summed E-state index contributed by atoms with van der Waals surface area (Å²) in [4.78, 5) is 23.1. The van der Waals surface area contributed by atoms with E-state index in [-0.39, 0.29) is 12.4 Å². The van der Waals surface area contributed by atoms with Crippen LogP contribution in [0.25, 0.3) is 0 Å². The van der Waals surface area contributed by atoms with Gasteiger partial charge in [-0.05, 0) is 24.9 Å². The number of rotatable bonds is 11. The van der Waals surface area contributed by atoms with Gasteiger partial charge in [-0.15, -0.1) is 0 Å². The predicted octanol–water partition coefficient (Wildman–Crippen LogP) is 0.974. The number of hydrogen-bond acceptors (Lipinski definition) is 5. The van der Waals surface area contributed by atoms with Gasteiger partial charge < -0.3 is 15.5 Å². The number of aliphatic hydroxyl groups is 2. The van der Waals surface area contributed by atoms with Gasteiger partial charge in [-0.25, -0.2) is 0 Å². The zero-order valence-electron chi connectivity index (χ0n) is 12.6. The fourth-order valence-electron chi connectivity index (χ4n) is 1.57. The quantitative estimate of drug-likeness (QED) is 0.495. The van der Waals surface area contributed by atoms with Gasteiger partial charge in [-0.2, -0.15) is 11.8 Å². The van der Waals surface area contributed by atoms with Crippen molar-refractivity contribution in [2.75, 3.05) is 25.2 Å². The zero-order valence-corrected chi connectivity index (χ0v) is 13.5. The summed E-state index contributed by atoms with van der Waals surface area (Å²) in [6.45, 7) is 3.33. The molecule has 20 heavy (non-hydrogen) atoms. The van der Waals surface area contributed by atoms with E-state index >= 15 is 0 Å².